The number of aryl methyl sites for hydroxylation is 1. The van der Waals surface area contributed by atoms with Crippen molar-refractivity contribution in [2.45, 2.75) is 46.2 Å². The minimum atomic E-state index is -0.927. The number of hydrogen-bond donors (Lipinski definition) is 4. The van der Waals surface area contributed by atoms with E-state index in [1.54, 1.807) is 29.8 Å². The number of aromatic nitrogens is 3. The van der Waals surface area contributed by atoms with Crippen molar-refractivity contribution in [2.24, 2.45) is 10.7 Å². The second-order valence-corrected chi connectivity index (χ2v) is 9.34. The molecule has 0 saturated carbocycles. The number of carbonyl (C=O) groups excluding carboxylic acids is 2. The van der Waals surface area contributed by atoms with Gasteiger partial charge in [0.15, 0.2) is 0 Å². The Morgan fingerprint density at radius 3 is 2.66 bits per heavy atom. The van der Waals surface area contributed by atoms with Gasteiger partial charge in [-0.1, -0.05) is 19.1 Å². The van der Waals surface area contributed by atoms with E-state index in [1.807, 2.05) is 41.2 Å². The minimum absolute atomic E-state index is 0.111. The van der Waals surface area contributed by atoms with E-state index in [0.29, 0.717) is 18.8 Å². The summed E-state index contributed by atoms with van der Waals surface area (Å²) in [4.78, 5) is 36.0. The number of H-pyrrole nitrogens is 1. The second kappa shape index (κ2) is 11.9. The number of anilines is 1. The first-order valence-electron chi connectivity index (χ1n) is 12.4. The van der Waals surface area contributed by atoms with Gasteiger partial charge in [0, 0.05) is 67.9 Å². The number of nitrogens with one attached hydrogen (secondary N) is 2. The van der Waals surface area contributed by atoms with Crippen molar-refractivity contribution < 1.29 is 14.7 Å². The van der Waals surface area contributed by atoms with E-state index in [0.717, 1.165) is 54.5 Å². The molecule has 2 amide bonds. The van der Waals surface area contributed by atoms with Crippen LogP contribution in [0.1, 0.15) is 39.8 Å². The van der Waals surface area contributed by atoms with Crippen LogP contribution in [0.4, 0.5) is 5.69 Å². The molecule has 202 valence electrons. The van der Waals surface area contributed by atoms with Gasteiger partial charge in [0.1, 0.15) is 17.7 Å². The molecule has 0 aliphatic carbocycles. The highest BCUT2D eigenvalue weighted by molar-refractivity contribution is 6.06. The molecule has 0 radical (unpaired) electrons. The van der Waals surface area contributed by atoms with Crippen LogP contribution in [0.2, 0.25) is 0 Å². The Morgan fingerprint density at radius 2 is 2.00 bits per heavy atom. The SMILES string of the molecule is CCCn1cc(-c2cc(-c3cccc(N4CCN(C(C)=O)C(C)(C)C4=O)c3)[nH]c2C(N)=NC=N)cn1.CO. The molecule has 0 unspecified atom stereocenters. The topological polar surface area (TPSA) is 157 Å². The standard InChI is InChI=1S/C26H32N8O2.CH4O/c1-5-9-32-15-19(14-30-32)21-13-22(31-23(21)24(28)29-16-27)18-7-6-8-20(12-18)33-10-11-34(17(2)35)26(3,4)25(33)36;1-2/h6-8,12-16,31H,5,9-11H2,1-4H3,(H3,27,28,29);2H,1H3. The summed E-state index contributed by atoms with van der Waals surface area (Å²) in [5.74, 6) is -0.0396. The Kier molecular flexibility index (Phi) is 8.84. The fourth-order valence-corrected chi connectivity index (χ4v) is 4.69. The minimum Gasteiger partial charge on any atom is -0.400 e. The molecule has 1 saturated heterocycles. The molecular weight excluding hydrogens is 484 g/mol. The number of aliphatic hydroxyl groups excluding tert-OH is 1. The Labute approximate surface area is 222 Å². The number of hydrogen-bond acceptors (Lipinski definition) is 5. The molecule has 3 aromatic rings. The molecule has 1 aliphatic rings. The lowest BCUT2D eigenvalue weighted by atomic mass is 9.96. The maximum atomic E-state index is 13.3. The summed E-state index contributed by atoms with van der Waals surface area (Å²) in [6, 6.07) is 9.67. The molecule has 2 aromatic heterocycles. The number of carbonyl (C=O) groups is 2. The van der Waals surface area contributed by atoms with Crippen molar-refractivity contribution in [3.63, 3.8) is 0 Å². The van der Waals surface area contributed by atoms with Crippen molar-refractivity contribution in [3.8, 4) is 22.4 Å². The van der Waals surface area contributed by atoms with Crippen LogP contribution in [-0.4, -0.2) is 74.5 Å². The van der Waals surface area contributed by atoms with Gasteiger partial charge in [-0.2, -0.15) is 5.10 Å². The van der Waals surface area contributed by atoms with E-state index in [2.05, 4.69) is 22.0 Å². The predicted octanol–water partition coefficient (Wildman–Crippen LogP) is 2.85. The zero-order valence-corrected chi connectivity index (χ0v) is 22.5. The van der Waals surface area contributed by atoms with Crippen LogP contribution in [0, 0.1) is 5.41 Å². The van der Waals surface area contributed by atoms with Crippen molar-refractivity contribution in [2.75, 3.05) is 25.1 Å². The van der Waals surface area contributed by atoms with Crippen LogP contribution in [0.3, 0.4) is 0 Å². The maximum absolute atomic E-state index is 13.3. The summed E-state index contributed by atoms with van der Waals surface area (Å²) in [6.45, 7) is 8.83. The summed E-state index contributed by atoms with van der Waals surface area (Å²) in [7, 11) is 1.00. The number of aliphatic imine (C=N–C) groups is 1. The molecule has 3 heterocycles. The zero-order chi connectivity index (χ0) is 28.0. The second-order valence-electron chi connectivity index (χ2n) is 9.34. The molecule has 0 atom stereocenters. The third-order valence-corrected chi connectivity index (χ3v) is 6.51. The molecule has 0 spiro atoms. The molecule has 11 heteroatoms. The van der Waals surface area contributed by atoms with E-state index >= 15 is 0 Å². The van der Waals surface area contributed by atoms with Gasteiger partial charge in [-0.05, 0) is 38.5 Å². The third kappa shape index (κ3) is 5.52. The highest BCUT2D eigenvalue weighted by atomic mass is 16.2. The quantitative estimate of drug-likeness (QED) is 0.278. The summed E-state index contributed by atoms with van der Waals surface area (Å²) in [5, 5.41) is 18.8. The average Bonchev–Trinajstić information content (AvgIpc) is 3.54. The Morgan fingerprint density at radius 1 is 1.26 bits per heavy atom. The summed E-state index contributed by atoms with van der Waals surface area (Å²) in [5.41, 5.74) is 9.98. The van der Waals surface area contributed by atoms with Gasteiger partial charge in [-0.3, -0.25) is 19.7 Å². The summed E-state index contributed by atoms with van der Waals surface area (Å²) < 4.78 is 1.88. The van der Waals surface area contributed by atoms with Crippen LogP contribution < -0.4 is 10.6 Å². The number of aromatic amines is 1. The summed E-state index contributed by atoms with van der Waals surface area (Å²) in [6.07, 6.45) is 5.63. The molecule has 0 bridgehead atoms. The fourth-order valence-electron chi connectivity index (χ4n) is 4.69. The first kappa shape index (κ1) is 28.3. The maximum Gasteiger partial charge on any atom is 0.252 e. The highest BCUT2D eigenvalue weighted by Crippen LogP contribution is 2.33. The normalized spacial score (nSPS) is 15.2. The third-order valence-electron chi connectivity index (χ3n) is 6.51. The van der Waals surface area contributed by atoms with Crippen molar-refractivity contribution in [3.05, 3.63) is 48.4 Å². The van der Waals surface area contributed by atoms with Gasteiger partial charge in [0.05, 0.1) is 11.9 Å². The number of amides is 2. The summed E-state index contributed by atoms with van der Waals surface area (Å²) >= 11 is 0. The van der Waals surface area contributed by atoms with E-state index < -0.39 is 5.54 Å². The van der Waals surface area contributed by atoms with Crippen molar-refractivity contribution in [1.82, 2.24) is 19.7 Å². The van der Waals surface area contributed by atoms with Gasteiger partial charge in [-0.25, -0.2) is 4.99 Å². The lowest BCUT2D eigenvalue weighted by molar-refractivity contribution is -0.145. The predicted molar refractivity (Wildman–Crippen MR) is 149 cm³/mol. The number of benzene rings is 1. The average molecular weight is 521 g/mol. The van der Waals surface area contributed by atoms with Crippen LogP contribution in [0.15, 0.2) is 47.7 Å². The molecule has 11 nitrogen and oxygen atoms in total. The first-order valence-corrected chi connectivity index (χ1v) is 12.4. The van der Waals surface area contributed by atoms with Crippen LogP contribution in [0.25, 0.3) is 22.4 Å². The number of nitrogens with two attached hydrogens (primary N) is 1. The van der Waals surface area contributed by atoms with Gasteiger partial charge < -0.3 is 25.6 Å². The van der Waals surface area contributed by atoms with Crippen LogP contribution in [-0.2, 0) is 16.1 Å². The van der Waals surface area contributed by atoms with Gasteiger partial charge >= 0.3 is 0 Å². The van der Waals surface area contributed by atoms with Gasteiger partial charge in [0.25, 0.3) is 5.91 Å². The van der Waals surface area contributed by atoms with Gasteiger partial charge in [0.2, 0.25) is 5.91 Å². The largest absolute Gasteiger partial charge is 0.400 e. The molecule has 38 heavy (non-hydrogen) atoms. The van der Waals surface area contributed by atoms with E-state index in [4.69, 9.17) is 16.2 Å². The highest BCUT2D eigenvalue weighted by Gasteiger charge is 2.43. The molecule has 5 N–H and O–H groups in total. The van der Waals surface area contributed by atoms with Crippen molar-refractivity contribution in [1.29, 1.82) is 5.41 Å². The Bertz CT molecular complexity index is 1340. The Balaban J connectivity index is 0.00000195. The van der Waals surface area contributed by atoms with Crippen LogP contribution in [0.5, 0.6) is 0 Å². The number of nitrogens with zero attached hydrogens (tertiary/aromatic N) is 5. The number of piperazine rings is 1. The van der Waals surface area contributed by atoms with E-state index in [9.17, 15) is 9.59 Å². The number of amidine groups is 1. The first-order chi connectivity index (χ1) is 18.2. The fraction of sp³-hybridized carbons (Fsp3) is 0.370. The van der Waals surface area contributed by atoms with Crippen molar-refractivity contribution >= 4 is 29.7 Å². The number of aliphatic hydroxyl groups is 1. The smallest absolute Gasteiger partial charge is 0.252 e. The molecule has 1 aromatic carbocycles. The number of rotatable bonds is 7. The Hall–Kier alpha value is -4.25. The molecule has 4 rings (SSSR count). The lowest BCUT2D eigenvalue weighted by Crippen LogP contribution is -2.64. The van der Waals surface area contributed by atoms with Crippen LogP contribution >= 0.6 is 0 Å². The van der Waals surface area contributed by atoms with Gasteiger partial charge in [-0.15, -0.1) is 0 Å². The molecule has 1 aliphatic heterocycles. The zero-order valence-electron chi connectivity index (χ0n) is 22.5. The molecule has 1 fully saturated rings. The van der Waals surface area contributed by atoms with E-state index in [-0.39, 0.29) is 17.6 Å². The molecular formula is C27H36N8O3. The lowest BCUT2D eigenvalue weighted by Gasteiger charge is -2.45. The monoisotopic (exact) mass is 520 g/mol. The van der Waals surface area contributed by atoms with E-state index in [1.165, 1.54) is 6.92 Å².